The van der Waals surface area contributed by atoms with Crippen LogP contribution >= 0.6 is 11.3 Å². The Kier molecular flexibility index (Phi) is 3.40. The van der Waals surface area contributed by atoms with E-state index in [1.54, 1.807) is 0 Å². The highest BCUT2D eigenvalue weighted by Gasteiger charge is 2.40. The van der Waals surface area contributed by atoms with Gasteiger partial charge in [0.2, 0.25) is 0 Å². The summed E-state index contributed by atoms with van der Waals surface area (Å²) < 4.78 is 1.42. The number of benzene rings is 1. The van der Waals surface area contributed by atoms with Gasteiger partial charge in [-0.3, -0.25) is 0 Å². The summed E-state index contributed by atoms with van der Waals surface area (Å²) in [5, 5.41) is 7.58. The number of hydrogen-bond acceptors (Lipinski definition) is 2. The van der Waals surface area contributed by atoms with Crippen LogP contribution in [0, 0.1) is 11.8 Å². The summed E-state index contributed by atoms with van der Waals surface area (Å²) in [6.07, 6.45) is 2.59. The Bertz CT molecular complexity index is 531. The molecule has 1 N–H and O–H groups in total. The Balaban J connectivity index is 1.93. The van der Waals surface area contributed by atoms with Crippen LogP contribution in [0.4, 0.5) is 0 Å². The SMILES string of the molecule is CCCNC(c1csc2ccccc12)C1CC1C. The zero-order chi connectivity index (χ0) is 12.5. The van der Waals surface area contributed by atoms with Gasteiger partial charge in [0.15, 0.2) is 0 Å². The van der Waals surface area contributed by atoms with E-state index in [0.717, 1.165) is 18.4 Å². The van der Waals surface area contributed by atoms with Crippen LogP contribution in [0.15, 0.2) is 29.6 Å². The van der Waals surface area contributed by atoms with Crippen molar-refractivity contribution >= 4 is 21.4 Å². The van der Waals surface area contributed by atoms with Crippen molar-refractivity contribution in [2.45, 2.75) is 32.7 Å². The lowest BCUT2D eigenvalue weighted by molar-refractivity contribution is 0.466. The molecule has 1 fully saturated rings. The predicted octanol–water partition coefficient (Wildman–Crippen LogP) is 4.60. The molecule has 2 heteroatoms. The Morgan fingerprint density at radius 1 is 1.39 bits per heavy atom. The van der Waals surface area contributed by atoms with E-state index < -0.39 is 0 Å². The summed E-state index contributed by atoms with van der Waals surface area (Å²) in [6, 6.07) is 9.37. The lowest BCUT2D eigenvalue weighted by Crippen LogP contribution is -2.24. The van der Waals surface area contributed by atoms with E-state index in [9.17, 15) is 0 Å². The van der Waals surface area contributed by atoms with Crippen LogP contribution in [0.1, 0.15) is 38.3 Å². The fraction of sp³-hybridized carbons (Fsp3) is 0.500. The fourth-order valence-corrected chi connectivity index (χ4v) is 3.84. The third kappa shape index (κ3) is 2.19. The van der Waals surface area contributed by atoms with Crippen molar-refractivity contribution in [1.29, 1.82) is 0 Å². The van der Waals surface area contributed by atoms with Gasteiger partial charge < -0.3 is 5.32 Å². The summed E-state index contributed by atoms with van der Waals surface area (Å²) in [6.45, 7) is 5.74. The van der Waals surface area contributed by atoms with Crippen molar-refractivity contribution in [2.75, 3.05) is 6.54 Å². The van der Waals surface area contributed by atoms with Gasteiger partial charge in [-0.15, -0.1) is 11.3 Å². The van der Waals surface area contributed by atoms with Crippen LogP contribution in [0.2, 0.25) is 0 Å². The molecule has 0 amide bonds. The van der Waals surface area contributed by atoms with Gasteiger partial charge in [-0.05, 0) is 53.6 Å². The van der Waals surface area contributed by atoms with Crippen molar-refractivity contribution in [1.82, 2.24) is 5.32 Å². The minimum absolute atomic E-state index is 0.566. The third-order valence-corrected chi connectivity index (χ3v) is 5.04. The van der Waals surface area contributed by atoms with Gasteiger partial charge in [0.1, 0.15) is 0 Å². The van der Waals surface area contributed by atoms with Gasteiger partial charge in [0, 0.05) is 10.7 Å². The predicted molar refractivity (Wildman–Crippen MR) is 80.1 cm³/mol. The Hall–Kier alpha value is -0.860. The number of rotatable bonds is 5. The number of hydrogen-bond donors (Lipinski definition) is 1. The molecule has 3 rings (SSSR count). The topological polar surface area (TPSA) is 12.0 Å². The molecule has 0 spiro atoms. The molecule has 0 bridgehead atoms. The second-order valence-corrected chi connectivity index (χ2v) is 6.41. The summed E-state index contributed by atoms with van der Waals surface area (Å²) >= 11 is 1.88. The number of thiophene rings is 1. The maximum atomic E-state index is 3.76. The molecular formula is C16H21NS. The van der Waals surface area contributed by atoms with Crippen LogP contribution in [0.25, 0.3) is 10.1 Å². The van der Waals surface area contributed by atoms with Gasteiger partial charge in [0.05, 0.1) is 0 Å². The maximum absolute atomic E-state index is 3.76. The van der Waals surface area contributed by atoms with Crippen molar-refractivity contribution in [3.63, 3.8) is 0 Å². The number of fused-ring (bicyclic) bond motifs is 1. The minimum Gasteiger partial charge on any atom is -0.310 e. The quantitative estimate of drug-likeness (QED) is 0.827. The minimum atomic E-state index is 0.566. The lowest BCUT2D eigenvalue weighted by Gasteiger charge is -2.18. The molecule has 0 aliphatic heterocycles. The third-order valence-electron chi connectivity index (χ3n) is 4.06. The molecule has 1 aromatic heterocycles. The van der Waals surface area contributed by atoms with Crippen LogP contribution in [0.5, 0.6) is 0 Å². The summed E-state index contributed by atoms with van der Waals surface area (Å²) in [7, 11) is 0. The zero-order valence-electron chi connectivity index (χ0n) is 11.1. The first-order valence-corrected chi connectivity index (χ1v) is 7.88. The van der Waals surface area contributed by atoms with Crippen molar-refractivity contribution in [3.8, 4) is 0 Å². The summed E-state index contributed by atoms with van der Waals surface area (Å²) in [4.78, 5) is 0. The highest BCUT2D eigenvalue weighted by Crippen LogP contribution is 2.48. The van der Waals surface area contributed by atoms with Crippen LogP contribution in [-0.2, 0) is 0 Å². The molecule has 1 saturated carbocycles. The van der Waals surface area contributed by atoms with Crippen LogP contribution in [0.3, 0.4) is 0 Å². The first kappa shape index (κ1) is 12.2. The average molecular weight is 259 g/mol. The van der Waals surface area contributed by atoms with Gasteiger partial charge in [-0.25, -0.2) is 0 Å². The fourth-order valence-electron chi connectivity index (χ4n) is 2.85. The normalized spacial score (nSPS) is 24.3. The Labute approximate surface area is 113 Å². The molecule has 96 valence electrons. The van der Waals surface area contributed by atoms with E-state index >= 15 is 0 Å². The molecule has 0 saturated heterocycles. The second kappa shape index (κ2) is 5.02. The summed E-state index contributed by atoms with van der Waals surface area (Å²) in [5.41, 5.74) is 1.53. The highest BCUT2D eigenvalue weighted by atomic mass is 32.1. The standard InChI is InChI=1S/C16H21NS/c1-3-8-17-16(13-9-11(13)2)14-10-18-15-7-5-4-6-12(14)15/h4-7,10-11,13,16-17H,3,8-9H2,1-2H3. The molecule has 18 heavy (non-hydrogen) atoms. The molecular weight excluding hydrogens is 238 g/mol. The van der Waals surface area contributed by atoms with Crippen LogP contribution in [-0.4, -0.2) is 6.54 Å². The smallest absolute Gasteiger partial charge is 0.0365 e. The van der Waals surface area contributed by atoms with Gasteiger partial charge in [-0.1, -0.05) is 32.0 Å². The highest BCUT2D eigenvalue weighted by molar-refractivity contribution is 7.17. The van der Waals surface area contributed by atoms with E-state index in [2.05, 4.69) is 48.8 Å². The van der Waals surface area contributed by atoms with Gasteiger partial charge in [-0.2, -0.15) is 0 Å². The van der Waals surface area contributed by atoms with Gasteiger partial charge in [0.25, 0.3) is 0 Å². The zero-order valence-corrected chi connectivity index (χ0v) is 12.0. The molecule has 2 aromatic rings. The number of nitrogens with one attached hydrogen (secondary N) is 1. The lowest BCUT2D eigenvalue weighted by atomic mass is 10.0. The summed E-state index contributed by atoms with van der Waals surface area (Å²) in [5.74, 6) is 1.73. The Morgan fingerprint density at radius 3 is 2.89 bits per heavy atom. The molecule has 3 atom stereocenters. The molecule has 1 aliphatic carbocycles. The van der Waals surface area contributed by atoms with E-state index in [4.69, 9.17) is 0 Å². The van der Waals surface area contributed by atoms with Crippen molar-refractivity contribution < 1.29 is 0 Å². The molecule has 1 aromatic carbocycles. The van der Waals surface area contributed by atoms with E-state index in [1.807, 2.05) is 11.3 Å². The van der Waals surface area contributed by atoms with Gasteiger partial charge >= 0.3 is 0 Å². The van der Waals surface area contributed by atoms with E-state index in [1.165, 1.54) is 28.5 Å². The largest absolute Gasteiger partial charge is 0.310 e. The van der Waals surface area contributed by atoms with Crippen molar-refractivity contribution in [3.05, 3.63) is 35.2 Å². The van der Waals surface area contributed by atoms with Crippen LogP contribution < -0.4 is 5.32 Å². The average Bonchev–Trinajstić information content (AvgIpc) is 2.96. The second-order valence-electron chi connectivity index (χ2n) is 5.50. The first-order chi connectivity index (χ1) is 8.81. The molecule has 1 aliphatic rings. The molecule has 1 nitrogen and oxygen atoms in total. The molecule has 0 radical (unpaired) electrons. The first-order valence-electron chi connectivity index (χ1n) is 7.00. The Morgan fingerprint density at radius 2 is 2.17 bits per heavy atom. The molecule has 1 heterocycles. The molecule has 3 unspecified atom stereocenters. The van der Waals surface area contributed by atoms with E-state index in [-0.39, 0.29) is 0 Å². The van der Waals surface area contributed by atoms with Crippen molar-refractivity contribution in [2.24, 2.45) is 11.8 Å². The monoisotopic (exact) mass is 259 g/mol. The van der Waals surface area contributed by atoms with E-state index in [0.29, 0.717) is 6.04 Å². The maximum Gasteiger partial charge on any atom is 0.0365 e.